The van der Waals surface area contributed by atoms with Crippen molar-refractivity contribution in [2.45, 2.75) is 0 Å². The number of benzene rings is 2. The lowest BCUT2D eigenvalue weighted by atomic mass is 10.1. The lowest BCUT2D eigenvalue weighted by molar-refractivity contribution is 0.0600. The van der Waals surface area contributed by atoms with Crippen molar-refractivity contribution in [1.82, 2.24) is 15.0 Å². The Kier molecular flexibility index (Phi) is 4.55. The van der Waals surface area contributed by atoms with Crippen molar-refractivity contribution in [3.05, 3.63) is 78.0 Å². The number of rotatable bonds is 4. The van der Waals surface area contributed by atoms with E-state index in [1.165, 1.54) is 7.11 Å². The third-order valence-electron chi connectivity index (χ3n) is 4.22. The zero-order chi connectivity index (χ0) is 19.5. The summed E-state index contributed by atoms with van der Waals surface area (Å²) in [6.07, 6.45) is 1.71. The highest BCUT2D eigenvalue weighted by molar-refractivity contribution is 6.05. The van der Waals surface area contributed by atoms with Gasteiger partial charge in [0.25, 0.3) is 5.91 Å². The van der Waals surface area contributed by atoms with E-state index in [4.69, 9.17) is 0 Å². The van der Waals surface area contributed by atoms with Gasteiger partial charge in [-0.05, 0) is 54.6 Å². The van der Waals surface area contributed by atoms with Crippen LogP contribution in [0.1, 0.15) is 20.7 Å². The fraction of sp³-hybridized carbons (Fsp3) is 0.0476. The van der Waals surface area contributed by atoms with Crippen LogP contribution in [0.15, 0.2) is 66.9 Å². The first-order valence-electron chi connectivity index (χ1n) is 8.55. The number of aromatic amines is 1. The van der Waals surface area contributed by atoms with Gasteiger partial charge in [-0.1, -0.05) is 6.07 Å². The number of H-pyrrole nitrogens is 1. The maximum Gasteiger partial charge on any atom is 0.337 e. The normalized spacial score (nSPS) is 10.6. The van der Waals surface area contributed by atoms with E-state index < -0.39 is 5.97 Å². The summed E-state index contributed by atoms with van der Waals surface area (Å²) in [5.74, 6) is -0.0573. The molecule has 4 aromatic rings. The van der Waals surface area contributed by atoms with Crippen LogP contribution in [-0.2, 0) is 4.74 Å². The Morgan fingerprint density at radius 3 is 2.50 bits per heavy atom. The predicted octanol–water partition coefficient (Wildman–Crippen LogP) is 3.66. The summed E-state index contributed by atoms with van der Waals surface area (Å²) in [5, 5.41) is 2.84. The molecule has 0 bridgehead atoms. The Labute approximate surface area is 160 Å². The maximum atomic E-state index is 12.5. The van der Waals surface area contributed by atoms with E-state index in [-0.39, 0.29) is 5.91 Å². The number of ether oxygens (including phenoxy) is 1. The van der Waals surface area contributed by atoms with Crippen LogP contribution in [0.4, 0.5) is 5.69 Å². The Hall–Kier alpha value is -4.00. The second kappa shape index (κ2) is 7.32. The molecule has 2 N–H and O–H groups in total. The second-order valence-electron chi connectivity index (χ2n) is 6.06. The van der Waals surface area contributed by atoms with Crippen LogP contribution in [0.25, 0.3) is 22.6 Å². The van der Waals surface area contributed by atoms with Crippen LogP contribution < -0.4 is 5.32 Å². The minimum atomic E-state index is -0.444. The number of hydrogen-bond donors (Lipinski definition) is 2. The number of esters is 1. The van der Waals surface area contributed by atoms with Crippen LogP contribution in [0.3, 0.4) is 0 Å². The van der Waals surface area contributed by atoms with Gasteiger partial charge in [-0.25, -0.2) is 9.78 Å². The van der Waals surface area contributed by atoms with E-state index >= 15 is 0 Å². The molecule has 138 valence electrons. The maximum absolute atomic E-state index is 12.5. The minimum Gasteiger partial charge on any atom is -0.465 e. The number of nitrogens with one attached hydrogen (secondary N) is 2. The molecule has 28 heavy (non-hydrogen) atoms. The zero-order valence-corrected chi connectivity index (χ0v) is 15.0. The van der Waals surface area contributed by atoms with Gasteiger partial charge in [0.05, 0.1) is 23.7 Å². The third kappa shape index (κ3) is 3.45. The molecule has 0 aliphatic carbocycles. The van der Waals surface area contributed by atoms with Gasteiger partial charge in [-0.15, -0.1) is 0 Å². The number of methoxy groups -OCH3 is 1. The topological polar surface area (TPSA) is 97.0 Å². The van der Waals surface area contributed by atoms with E-state index in [9.17, 15) is 9.59 Å². The highest BCUT2D eigenvalue weighted by atomic mass is 16.5. The average Bonchev–Trinajstić information content (AvgIpc) is 3.17. The fourth-order valence-corrected chi connectivity index (χ4v) is 2.79. The first-order chi connectivity index (χ1) is 13.6. The van der Waals surface area contributed by atoms with Crippen molar-refractivity contribution in [3.8, 4) is 11.5 Å². The Balaban J connectivity index is 1.54. The number of carbonyl (C=O) groups is 2. The lowest BCUT2D eigenvalue weighted by Crippen LogP contribution is -2.12. The molecular weight excluding hydrogens is 356 g/mol. The molecule has 2 aromatic carbocycles. The summed E-state index contributed by atoms with van der Waals surface area (Å²) in [4.78, 5) is 36.0. The van der Waals surface area contributed by atoms with Crippen molar-refractivity contribution in [2.75, 3.05) is 12.4 Å². The largest absolute Gasteiger partial charge is 0.465 e. The fourth-order valence-electron chi connectivity index (χ4n) is 2.79. The highest BCUT2D eigenvalue weighted by Crippen LogP contribution is 2.22. The number of hydrogen-bond acceptors (Lipinski definition) is 5. The van der Waals surface area contributed by atoms with Crippen molar-refractivity contribution in [3.63, 3.8) is 0 Å². The molecule has 4 rings (SSSR count). The van der Waals surface area contributed by atoms with Crippen LogP contribution in [0.2, 0.25) is 0 Å². The quantitative estimate of drug-likeness (QED) is 0.533. The molecule has 0 radical (unpaired) electrons. The summed E-state index contributed by atoms with van der Waals surface area (Å²) in [6.45, 7) is 0. The van der Waals surface area contributed by atoms with Crippen molar-refractivity contribution in [2.24, 2.45) is 0 Å². The molecule has 7 nitrogen and oxygen atoms in total. The minimum absolute atomic E-state index is 0.278. The molecule has 2 aromatic heterocycles. The molecule has 0 fully saturated rings. The van der Waals surface area contributed by atoms with Crippen LogP contribution in [-0.4, -0.2) is 33.9 Å². The molecule has 0 aliphatic heterocycles. The van der Waals surface area contributed by atoms with E-state index in [1.54, 1.807) is 36.5 Å². The van der Waals surface area contributed by atoms with Gasteiger partial charge in [0, 0.05) is 17.4 Å². The van der Waals surface area contributed by atoms with Gasteiger partial charge >= 0.3 is 5.97 Å². The summed E-state index contributed by atoms with van der Waals surface area (Å²) < 4.78 is 4.65. The van der Waals surface area contributed by atoms with E-state index in [1.807, 2.05) is 30.3 Å². The highest BCUT2D eigenvalue weighted by Gasteiger charge is 2.11. The number of nitrogens with zero attached hydrogens (tertiary/aromatic N) is 2. The zero-order valence-electron chi connectivity index (χ0n) is 15.0. The van der Waals surface area contributed by atoms with Gasteiger partial charge in [-0.2, -0.15) is 0 Å². The van der Waals surface area contributed by atoms with Gasteiger partial charge < -0.3 is 15.0 Å². The van der Waals surface area contributed by atoms with Crippen molar-refractivity contribution in [1.29, 1.82) is 0 Å². The second-order valence-corrected chi connectivity index (χ2v) is 6.06. The van der Waals surface area contributed by atoms with Gasteiger partial charge in [0.1, 0.15) is 5.69 Å². The van der Waals surface area contributed by atoms with Crippen LogP contribution in [0, 0.1) is 0 Å². The first kappa shape index (κ1) is 17.4. The third-order valence-corrected chi connectivity index (χ3v) is 4.22. The van der Waals surface area contributed by atoms with Gasteiger partial charge in [0.15, 0.2) is 5.82 Å². The Morgan fingerprint density at radius 1 is 1.00 bits per heavy atom. The van der Waals surface area contributed by atoms with Crippen LogP contribution >= 0.6 is 0 Å². The first-order valence-corrected chi connectivity index (χ1v) is 8.55. The molecular formula is C21H16N4O3. The van der Waals surface area contributed by atoms with Crippen molar-refractivity contribution < 1.29 is 14.3 Å². The summed E-state index contributed by atoms with van der Waals surface area (Å²) >= 11 is 0. The SMILES string of the molecule is COC(=O)c1ccc(C(=O)Nc2ccc3nc(-c4ccccn4)[nH]c3c2)cc1. The standard InChI is InChI=1S/C21H16N4O3/c1-28-21(27)14-7-5-13(6-8-14)20(26)23-15-9-10-16-18(12-15)25-19(24-16)17-4-2-3-11-22-17/h2-12H,1H3,(H,23,26)(H,24,25). The number of carbonyl (C=O) groups excluding carboxylic acids is 2. The molecule has 0 spiro atoms. The van der Waals surface area contributed by atoms with E-state index in [2.05, 4.69) is 25.0 Å². The molecule has 0 saturated carbocycles. The molecule has 1 amide bonds. The number of fused-ring (bicyclic) bond motifs is 1. The van der Waals surface area contributed by atoms with Crippen LogP contribution in [0.5, 0.6) is 0 Å². The Morgan fingerprint density at radius 2 is 1.79 bits per heavy atom. The van der Waals surface area contributed by atoms with Crippen molar-refractivity contribution >= 4 is 28.6 Å². The molecule has 0 unspecified atom stereocenters. The molecule has 2 heterocycles. The summed E-state index contributed by atoms with van der Waals surface area (Å²) in [7, 11) is 1.31. The molecule has 0 saturated heterocycles. The number of amides is 1. The number of anilines is 1. The smallest absolute Gasteiger partial charge is 0.337 e. The molecule has 7 heteroatoms. The number of imidazole rings is 1. The number of pyridine rings is 1. The summed E-state index contributed by atoms with van der Waals surface area (Å²) in [6, 6.07) is 17.3. The monoisotopic (exact) mass is 372 g/mol. The average molecular weight is 372 g/mol. The van der Waals surface area contributed by atoms with Gasteiger partial charge in [-0.3, -0.25) is 9.78 Å². The van der Waals surface area contributed by atoms with Gasteiger partial charge in [0.2, 0.25) is 0 Å². The van der Waals surface area contributed by atoms with E-state index in [0.29, 0.717) is 22.6 Å². The molecule has 0 atom stereocenters. The summed E-state index contributed by atoms with van der Waals surface area (Å²) in [5.41, 5.74) is 3.77. The number of aromatic nitrogens is 3. The molecule has 0 aliphatic rings. The predicted molar refractivity (Wildman–Crippen MR) is 105 cm³/mol. The lowest BCUT2D eigenvalue weighted by Gasteiger charge is -2.06. The Bertz CT molecular complexity index is 1150. The van der Waals surface area contributed by atoms with E-state index in [0.717, 1.165) is 16.7 Å².